The van der Waals surface area contributed by atoms with Crippen molar-refractivity contribution in [2.24, 2.45) is 5.92 Å². The van der Waals surface area contributed by atoms with E-state index >= 15 is 0 Å². The molecule has 1 aliphatic heterocycles. The summed E-state index contributed by atoms with van der Waals surface area (Å²) in [4.78, 5) is 0. The molecule has 110 valence electrons. The van der Waals surface area contributed by atoms with Gasteiger partial charge in [0, 0.05) is 28.7 Å². The predicted molar refractivity (Wildman–Crippen MR) is 83.5 cm³/mol. The van der Waals surface area contributed by atoms with Gasteiger partial charge in [-0.3, -0.25) is 0 Å². The molecule has 1 saturated carbocycles. The highest BCUT2D eigenvalue weighted by Crippen LogP contribution is 2.41. The van der Waals surface area contributed by atoms with Crippen LogP contribution in [0.1, 0.15) is 44.3 Å². The Morgan fingerprint density at radius 1 is 1.25 bits per heavy atom. The van der Waals surface area contributed by atoms with Gasteiger partial charge in [0.2, 0.25) is 0 Å². The number of nitrogens with one attached hydrogen (secondary N) is 1. The van der Waals surface area contributed by atoms with Gasteiger partial charge in [0.1, 0.15) is 0 Å². The molecule has 1 heterocycles. The first-order chi connectivity index (χ1) is 9.58. The zero-order valence-electron chi connectivity index (χ0n) is 11.8. The highest BCUT2D eigenvalue weighted by molar-refractivity contribution is 6.35. The number of hydrogen-bond donors (Lipinski definition) is 1. The lowest BCUT2D eigenvalue weighted by Gasteiger charge is -2.45. The number of benzene rings is 1. The number of halogens is 2. The Kier molecular flexibility index (Phi) is 4.28. The lowest BCUT2D eigenvalue weighted by atomic mass is 9.78. The molecule has 1 atom stereocenters. The standard InChI is InChI=1S/C16H21Cl2NO/c1-11-4-6-16(7-5-11)10-19-9-15(20-16)13-3-2-12(17)8-14(13)18/h2-3,8,11,15,19H,4-7,9-10H2,1H3. The maximum absolute atomic E-state index is 6.48. The second-order valence-corrected chi connectivity index (χ2v) is 7.11. The van der Waals surface area contributed by atoms with E-state index in [0.29, 0.717) is 10.0 Å². The van der Waals surface area contributed by atoms with Crippen LogP contribution in [0.3, 0.4) is 0 Å². The van der Waals surface area contributed by atoms with Crippen LogP contribution in [-0.4, -0.2) is 18.7 Å². The average molecular weight is 314 g/mol. The van der Waals surface area contributed by atoms with Crippen LogP contribution in [0.15, 0.2) is 18.2 Å². The van der Waals surface area contributed by atoms with E-state index in [1.54, 1.807) is 6.07 Å². The Labute approximate surface area is 130 Å². The largest absolute Gasteiger partial charge is 0.364 e. The van der Waals surface area contributed by atoms with Gasteiger partial charge in [-0.1, -0.05) is 36.2 Å². The molecule has 0 bridgehead atoms. The third-order valence-corrected chi connectivity index (χ3v) is 5.23. The van der Waals surface area contributed by atoms with Crippen molar-refractivity contribution >= 4 is 23.2 Å². The molecule has 2 nitrogen and oxygen atoms in total. The van der Waals surface area contributed by atoms with Gasteiger partial charge >= 0.3 is 0 Å². The van der Waals surface area contributed by atoms with Gasteiger partial charge in [-0.05, 0) is 43.7 Å². The zero-order chi connectivity index (χ0) is 14.2. The molecule has 20 heavy (non-hydrogen) atoms. The summed E-state index contributed by atoms with van der Waals surface area (Å²) < 4.78 is 6.48. The number of rotatable bonds is 1. The molecule has 3 rings (SSSR count). The highest BCUT2D eigenvalue weighted by Gasteiger charge is 2.40. The summed E-state index contributed by atoms with van der Waals surface area (Å²) in [5, 5.41) is 4.90. The van der Waals surface area contributed by atoms with Crippen molar-refractivity contribution in [1.82, 2.24) is 5.32 Å². The maximum atomic E-state index is 6.48. The predicted octanol–water partition coefficient (Wildman–Crippen LogP) is 4.60. The molecular formula is C16H21Cl2NO. The van der Waals surface area contributed by atoms with Gasteiger partial charge in [-0.15, -0.1) is 0 Å². The van der Waals surface area contributed by atoms with Crippen LogP contribution in [0, 0.1) is 5.92 Å². The topological polar surface area (TPSA) is 21.3 Å². The van der Waals surface area contributed by atoms with Gasteiger partial charge in [-0.2, -0.15) is 0 Å². The minimum Gasteiger partial charge on any atom is -0.364 e. The van der Waals surface area contributed by atoms with E-state index in [4.69, 9.17) is 27.9 Å². The quantitative estimate of drug-likeness (QED) is 0.818. The van der Waals surface area contributed by atoms with E-state index in [1.807, 2.05) is 12.1 Å². The van der Waals surface area contributed by atoms with E-state index in [-0.39, 0.29) is 11.7 Å². The van der Waals surface area contributed by atoms with Crippen LogP contribution >= 0.6 is 23.2 Å². The van der Waals surface area contributed by atoms with Crippen molar-refractivity contribution in [1.29, 1.82) is 0 Å². The third-order valence-electron chi connectivity index (χ3n) is 4.66. The second kappa shape index (κ2) is 5.84. The van der Waals surface area contributed by atoms with Gasteiger partial charge in [0.15, 0.2) is 0 Å². The van der Waals surface area contributed by atoms with Crippen LogP contribution in [0.2, 0.25) is 10.0 Å². The van der Waals surface area contributed by atoms with Crippen molar-refractivity contribution in [3.05, 3.63) is 33.8 Å². The maximum Gasteiger partial charge on any atom is 0.0971 e. The minimum absolute atomic E-state index is 0.00160. The molecule has 0 amide bonds. The fourth-order valence-corrected chi connectivity index (χ4v) is 3.87. The molecule has 1 aromatic rings. The molecule has 1 aliphatic carbocycles. The third kappa shape index (κ3) is 2.99. The van der Waals surface area contributed by atoms with Crippen LogP contribution < -0.4 is 5.32 Å². The SMILES string of the molecule is CC1CCC2(CC1)CNCC(c1ccc(Cl)cc1Cl)O2. The zero-order valence-corrected chi connectivity index (χ0v) is 13.3. The van der Waals surface area contributed by atoms with Crippen molar-refractivity contribution in [2.45, 2.75) is 44.3 Å². The van der Waals surface area contributed by atoms with Gasteiger partial charge < -0.3 is 10.1 Å². The Balaban J connectivity index is 1.78. The summed E-state index contributed by atoms with van der Waals surface area (Å²) in [6.07, 6.45) is 4.82. The van der Waals surface area contributed by atoms with Crippen LogP contribution in [0.4, 0.5) is 0 Å². The van der Waals surface area contributed by atoms with E-state index < -0.39 is 0 Å². The molecule has 2 fully saturated rings. The number of hydrogen-bond acceptors (Lipinski definition) is 2. The fourth-order valence-electron chi connectivity index (χ4n) is 3.34. The Bertz CT molecular complexity index is 483. The van der Waals surface area contributed by atoms with Crippen molar-refractivity contribution in [3.8, 4) is 0 Å². The lowest BCUT2D eigenvalue weighted by molar-refractivity contribution is -0.140. The first-order valence-corrected chi connectivity index (χ1v) is 8.17. The summed E-state index contributed by atoms with van der Waals surface area (Å²) in [5.41, 5.74) is 1.04. The molecule has 1 aromatic carbocycles. The molecule has 0 aromatic heterocycles. The Morgan fingerprint density at radius 3 is 2.70 bits per heavy atom. The molecule has 4 heteroatoms. The minimum atomic E-state index is -0.00160. The van der Waals surface area contributed by atoms with E-state index in [0.717, 1.165) is 37.4 Å². The molecule has 0 radical (unpaired) electrons. The molecule has 2 aliphatic rings. The first kappa shape index (κ1) is 14.6. The summed E-state index contributed by atoms with van der Waals surface area (Å²) >= 11 is 12.3. The molecule has 1 unspecified atom stereocenters. The summed E-state index contributed by atoms with van der Waals surface area (Å²) in [7, 11) is 0. The van der Waals surface area contributed by atoms with Crippen molar-refractivity contribution in [3.63, 3.8) is 0 Å². The van der Waals surface area contributed by atoms with Gasteiger partial charge in [0.25, 0.3) is 0 Å². The van der Waals surface area contributed by atoms with E-state index in [1.165, 1.54) is 12.8 Å². The molecule has 1 saturated heterocycles. The first-order valence-electron chi connectivity index (χ1n) is 7.41. The smallest absolute Gasteiger partial charge is 0.0971 e. The fraction of sp³-hybridized carbons (Fsp3) is 0.625. The van der Waals surface area contributed by atoms with Crippen LogP contribution in [0.5, 0.6) is 0 Å². The van der Waals surface area contributed by atoms with E-state index in [9.17, 15) is 0 Å². The normalized spacial score (nSPS) is 34.4. The molecular weight excluding hydrogens is 293 g/mol. The summed E-state index contributed by atoms with van der Waals surface area (Å²) in [6.45, 7) is 4.11. The molecule has 1 N–H and O–H groups in total. The molecule has 1 spiro atoms. The van der Waals surface area contributed by atoms with Crippen molar-refractivity contribution < 1.29 is 4.74 Å². The summed E-state index contributed by atoms with van der Waals surface area (Å²) in [6, 6.07) is 5.67. The average Bonchev–Trinajstić information content (AvgIpc) is 2.43. The number of ether oxygens (including phenoxy) is 1. The highest BCUT2D eigenvalue weighted by atomic mass is 35.5. The lowest BCUT2D eigenvalue weighted by Crippen LogP contribution is -2.52. The Morgan fingerprint density at radius 2 is 2.00 bits per heavy atom. The summed E-state index contributed by atoms with van der Waals surface area (Å²) in [5.74, 6) is 0.823. The van der Waals surface area contributed by atoms with E-state index in [2.05, 4.69) is 12.2 Å². The van der Waals surface area contributed by atoms with Crippen LogP contribution in [0.25, 0.3) is 0 Å². The van der Waals surface area contributed by atoms with Crippen LogP contribution in [-0.2, 0) is 4.74 Å². The van der Waals surface area contributed by atoms with Gasteiger partial charge in [-0.25, -0.2) is 0 Å². The Hall–Kier alpha value is -0.280. The monoisotopic (exact) mass is 313 g/mol. The second-order valence-electron chi connectivity index (χ2n) is 6.27. The van der Waals surface area contributed by atoms with Gasteiger partial charge in [0.05, 0.1) is 11.7 Å². The number of morpholine rings is 1. The van der Waals surface area contributed by atoms with Crippen molar-refractivity contribution in [2.75, 3.05) is 13.1 Å².